The zero-order valence-corrected chi connectivity index (χ0v) is 16.5. The molecule has 3 rings (SSSR count). The molecule has 148 valence electrons. The van der Waals surface area contributed by atoms with Crippen molar-refractivity contribution in [3.05, 3.63) is 93.4 Å². The van der Waals surface area contributed by atoms with Crippen molar-refractivity contribution in [1.29, 1.82) is 0 Å². The molecule has 0 aliphatic heterocycles. The number of aromatic nitrogens is 2. The minimum Gasteiger partial charge on any atom is -0.355 e. The highest BCUT2D eigenvalue weighted by atomic mass is 16.2. The van der Waals surface area contributed by atoms with Crippen molar-refractivity contribution in [2.45, 2.75) is 13.5 Å². The summed E-state index contributed by atoms with van der Waals surface area (Å²) >= 11 is 0. The summed E-state index contributed by atoms with van der Waals surface area (Å²) in [6, 6.07) is 17.7. The molecule has 7 heteroatoms. The van der Waals surface area contributed by atoms with Crippen LogP contribution in [0.1, 0.15) is 32.1 Å². The second-order valence-corrected chi connectivity index (χ2v) is 6.68. The fraction of sp³-hybridized carbons (Fsp3) is 0.182. The standard InChI is InChI=1S/C22H22N4O3/c1-15-13-19(27)20(24-26(15)18-7-5-4-6-8-18)22(29)25(3)14-16-9-11-17(12-10-16)21(28)23-2/h4-13H,14H2,1-3H3,(H,23,28). The van der Waals surface area contributed by atoms with Gasteiger partial charge in [0.05, 0.1) is 5.69 Å². The first-order chi connectivity index (χ1) is 13.9. The zero-order chi connectivity index (χ0) is 21.0. The minimum atomic E-state index is -0.463. The fourth-order valence-electron chi connectivity index (χ4n) is 2.96. The van der Waals surface area contributed by atoms with E-state index in [2.05, 4.69) is 10.4 Å². The van der Waals surface area contributed by atoms with Gasteiger partial charge in [-0.2, -0.15) is 5.10 Å². The molecular weight excluding hydrogens is 368 g/mol. The van der Waals surface area contributed by atoms with Crippen LogP contribution >= 0.6 is 0 Å². The van der Waals surface area contributed by atoms with Gasteiger partial charge < -0.3 is 10.2 Å². The number of benzene rings is 2. The highest BCUT2D eigenvalue weighted by molar-refractivity contribution is 5.94. The molecule has 2 amide bonds. The van der Waals surface area contributed by atoms with E-state index in [0.29, 0.717) is 11.3 Å². The third kappa shape index (κ3) is 4.40. The van der Waals surface area contributed by atoms with Crippen molar-refractivity contribution < 1.29 is 9.59 Å². The summed E-state index contributed by atoms with van der Waals surface area (Å²) < 4.78 is 1.58. The molecule has 0 saturated carbocycles. The number of hydrogen-bond donors (Lipinski definition) is 1. The fourth-order valence-corrected chi connectivity index (χ4v) is 2.96. The van der Waals surface area contributed by atoms with Gasteiger partial charge >= 0.3 is 0 Å². The average molecular weight is 390 g/mol. The van der Waals surface area contributed by atoms with Gasteiger partial charge in [0.2, 0.25) is 5.43 Å². The van der Waals surface area contributed by atoms with Crippen molar-refractivity contribution in [3.8, 4) is 5.69 Å². The van der Waals surface area contributed by atoms with Crippen LogP contribution in [-0.2, 0) is 6.54 Å². The summed E-state index contributed by atoms with van der Waals surface area (Å²) in [6.45, 7) is 2.06. The molecular formula is C22H22N4O3. The molecule has 0 bridgehead atoms. The Morgan fingerprint density at radius 1 is 1.07 bits per heavy atom. The van der Waals surface area contributed by atoms with Crippen LogP contribution in [-0.4, -0.2) is 40.6 Å². The second kappa shape index (κ2) is 8.52. The smallest absolute Gasteiger partial charge is 0.278 e. The van der Waals surface area contributed by atoms with Gasteiger partial charge in [-0.3, -0.25) is 14.4 Å². The molecule has 1 aromatic heterocycles. The van der Waals surface area contributed by atoms with Gasteiger partial charge in [0.1, 0.15) is 0 Å². The number of hydrogen-bond acceptors (Lipinski definition) is 4. The van der Waals surface area contributed by atoms with Crippen molar-refractivity contribution >= 4 is 11.8 Å². The van der Waals surface area contributed by atoms with Crippen LogP contribution in [0.2, 0.25) is 0 Å². The van der Waals surface area contributed by atoms with Gasteiger partial charge in [0.25, 0.3) is 11.8 Å². The van der Waals surface area contributed by atoms with Gasteiger partial charge in [0.15, 0.2) is 5.69 Å². The Hall–Kier alpha value is -3.74. The number of rotatable bonds is 5. The van der Waals surface area contributed by atoms with Crippen LogP contribution in [0, 0.1) is 6.92 Å². The van der Waals surface area contributed by atoms with E-state index >= 15 is 0 Å². The summed E-state index contributed by atoms with van der Waals surface area (Å²) in [5, 5.41) is 6.88. The Bertz CT molecular complexity index is 1090. The number of para-hydroxylation sites is 1. The van der Waals surface area contributed by atoms with E-state index in [1.807, 2.05) is 30.3 Å². The van der Waals surface area contributed by atoms with E-state index in [4.69, 9.17) is 0 Å². The number of aryl methyl sites for hydroxylation is 1. The number of nitrogens with zero attached hydrogens (tertiary/aromatic N) is 3. The number of carbonyl (C=O) groups excluding carboxylic acids is 2. The lowest BCUT2D eigenvalue weighted by atomic mass is 10.1. The molecule has 0 aliphatic rings. The molecule has 0 spiro atoms. The van der Waals surface area contributed by atoms with E-state index in [0.717, 1.165) is 11.3 Å². The Morgan fingerprint density at radius 2 is 1.72 bits per heavy atom. The quantitative estimate of drug-likeness (QED) is 0.724. The monoisotopic (exact) mass is 390 g/mol. The molecule has 0 saturated heterocycles. The molecule has 0 unspecified atom stereocenters. The lowest BCUT2D eigenvalue weighted by molar-refractivity contribution is 0.0775. The van der Waals surface area contributed by atoms with Crippen molar-refractivity contribution in [1.82, 2.24) is 20.0 Å². The molecule has 29 heavy (non-hydrogen) atoms. The summed E-state index contributed by atoms with van der Waals surface area (Å²) in [5.74, 6) is -0.638. The van der Waals surface area contributed by atoms with Crippen molar-refractivity contribution in [3.63, 3.8) is 0 Å². The third-order valence-corrected chi connectivity index (χ3v) is 4.52. The summed E-state index contributed by atoms with van der Waals surface area (Å²) in [6.07, 6.45) is 0. The van der Waals surface area contributed by atoms with E-state index in [1.54, 1.807) is 50.0 Å². The maximum Gasteiger partial charge on any atom is 0.278 e. The van der Waals surface area contributed by atoms with Crippen LogP contribution < -0.4 is 10.7 Å². The van der Waals surface area contributed by atoms with Crippen molar-refractivity contribution in [2.75, 3.05) is 14.1 Å². The predicted molar refractivity (Wildman–Crippen MR) is 110 cm³/mol. The maximum atomic E-state index is 12.9. The Balaban J connectivity index is 1.84. The van der Waals surface area contributed by atoms with E-state index in [9.17, 15) is 14.4 Å². The molecule has 0 radical (unpaired) electrons. The zero-order valence-electron chi connectivity index (χ0n) is 16.5. The number of amides is 2. The first-order valence-electron chi connectivity index (χ1n) is 9.13. The molecule has 0 fully saturated rings. The minimum absolute atomic E-state index is 0.135. The van der Waals surface area contributed by atoms with Crippen molar-refractivity contribution in [2.24, 2.45) is 0 Å². The molecule has 0 aliphatic carbocycles. The first kappa shape index (κ1) is 20.0. The Labute approximate surface area is 168 Å². The van der Waals surface area contributed by atoms with E-state index < -0.39 is 11.3 Å². The highest BCUT2D eigenvalue weighted by Crippen LogP contribution is 2.11. The van der Waals surface area contributed by atoms with E-state index in [-0.39, 0.29) is 18.1 Å². The average Bonchev–Trinajstić information content (AvgIpc) is 2.74. The topological polar surface area (TPSA) is 84.3 Å². The van der Waals surface area contributed by atoms with Gasteiger partial charge in [0, 0.05) is 38.0 Å². The number of nitrogens with one attached hydrogen (secondary N) is 1. The SMILES string of the molecule is CNC(=O)c1ccc(CN(C)C(=O)c2nn(-c3ccccc3)c(C)cc2=O)cc1. The molecule has 1 N–H and O–H groups in total. The lowest BCUT2D eigenvalue weighted by Gasteiger charge is -2.18. The van der Waals surface area contributed by atoms with Gasteiger partial charge in [-0.05, 0) is 36.8 Å². The van der Waals surface area contributed by atoms with Gasteiger partial charge in [-0.1, -0.05) is 30.3 Å². The van der Waals surface area contributed by atoms with Gasteiger partial charge in [-0.15, -0.1) is 0 Å². The molecule has 1 heterocycles. The van der Waals surface area contributed by atoms with Crippen LogP contribution in [0.3, 0.4) is 0 Å². The first-order valence-corrected chi connectivity index (χ1v) is 9.13. The molecule has 3 aromatic rings. The lowest BCUT2D eigenvalue weighted by Crippen LogP contribution is -2.33. The summed E-state index contributed by atoms with van der Waals surface area (Å²) in [5.41, 5.74) is 2.24. The number of carbonyl (C=O) groups is 2. The van der Waals surface area contributed by atoms with Gasteiger partial charge in [-0.25, -0.2) is 4.68 Å². The Morgan fingerprint density at radius 3 is 2.34 bits per heavy atom. The van der Waals surface area contributed by atoms with Crippen LogP contribution in [0.5, 0.6) is 0 Å². The molecule has 0 atom stereocenters. The van der Waals surface area contributed by atoms with Crippen LogP contribution in [0.25, 0.3) is 5.69 Å². The van der Waals surface area contributed by atoms with Crippen LogP contribution in [0.15, 0.2) is 65.5 Å². The van der Waals surface area contributed by atoms with Crippen LogP contribution in [0.4, 0.5) is 0 Å². The third-order valence-electron chi connectivity index (χ3n) is 4.52. The summed E-state index contributed by atoms with van der Waals surface area (Å²) in [4.78, 5) is 38.3. The molecule has 2 aromatic carbocycles. The normalized spacial score (nSPS) is 10.4. The maximum absolute atomic E-state index is 12.9. The second-order valence-electron chi connectivity index (χ2n) is 6.68. The summed E-state index contributed by atoms with van der Waals surface area (Å²) in [7, 11) is 3.18. The molecule has 7 nitrogen and oxygen atoms in total. The largest absolute Gasteiger partial charge is 0.355 e. The highest BCUT2D eigenvalue weighted by Gasteiger charge is 2.19. The predicted octanol–water partition coefficient (Wildman–Crippen LogP) is 2.17. The Kier molecular flexibility index (Phi) is 5.87. The van der Waals surface area contributed by atoms with E-state index in [1.165, 1.54) is 11.0 Å².